The number of halogens is 11. The van der Waals surface area contributed by atoms with E-state index in [1.165, 1.54) is 31.3 Å². The quantitative estimate of drug-likeness (QED) is 0.145. The van der Waals surface area contributed by atoms with E-state index >= 15 is 0 Å². The van der Waals surface area contributed by atoms with Crippen LogP contribution in [0.3, 0.4) is 0 Å². The molecular formula is C28H18Cl6F5N5O6. The maximum atomic E-state index is 13.4. The van der Waals surface area contributed by atoms with Gasteiger partial charge in [0.1, 0.15) is 55.5 Å². The number of aromatic amines is 1. The second-order valence-corrected chi connectivity index (χ2v) is 11.5. The van der Waals surface area contributed by atoms with Crippen LogP contribution >= 0.6 is 69.6 Å². The van der Waals surface area contributed by atoms with E-state index in [9.17, 15) is 36.3 Å². The van der Waals surface area contributed by atoms with Crippen LogP contribution in [-0.2, 0) is 9.53 Å². The van der Waals surface area contributed by atoms with E-state index in [4.69, 9.17) is 74.3 Å². The van der Waals surface area contributed by atoms with Gasteiger partial charge in [-0.25, -0.2) is 24.1 Å². The van der Waals surface area contributed by atoms with Gasteiger partial charge in [0, 0.05) is 49.1 Å². The number of ether oxygens (including phenoxy) is 3. The summed E-state index contributed by atoms with van der Waals surface area (Å²) in [5.74, 6) is -1.93. The molecule has 3 aromatic heterocycles. The molecule has 5 rings (SSSR count). The molecule has 0 saturated carbocycles. The molecule has 1 atom stereocenters. The maximum Gasteiger partial charge on any atom is 0.416 e. The van der Waals surface area contributed by atoms with Crippen molar-refractivity contribution in [1.82, 2.24) is 15.0 Å². The number of likely N-dealkylation sites (N-methyl/N-ethyl adjacent to an activating group) is 1. The summed E-state index contributed by atoms with van der Waals surface area (Å²) >= 11 is 33.2. The summed E-state index contributed by atoms with van der Waals surface area (Å²) in [4.78, 5) is 47.6. The van der Waals surface area contributed by atoms with E-state index < -0.39 is 37.1 Å². The monoisotopic (exact) mass is 825 g/mol. The van der Waals surface area contributed by atoms with Gasteiger partial charge < -0.3 is 24.1 Å². The van der Waals surface area contributed by atoms with Gasteiger partial charge in [0.05, 0.1) is 5.02 Å². The number of hydrogen-bond acceptors (Lipinski definition) is 8. The Morgan fingerprint density at radius 2 is 1.38 bits per heavy atom. The number of cyclic esters (lactones) is 1. The fourth-order valence-electron chi connectivity index (χ4n) is 3.75. The molecule has 0 radical (unpaired) electrons. The molecule has 4 heterocycles. The van der Waals surface area contributed by atoms with Gasteiger partial charge in [-0.15, -0.1) is 0 Å². The summed E-state index contributed by atoms with van der Waals surface area (Å²) in [6, 6.07) is 9.35. The molecule has 1 N–H and O–H groups in total. The fourth-order valence-corrected chi connectivity index (χ4v) is 5.02. The van der Waals surface area contributed by atoms with E-state index in [2.05, 4.69) is 24.4 Å². The van der Waals surface area contributed by atoms with Crippen molar-refractivity contribution in [3.63, 3.8) is 0 Å². The molecule has 1 aromatic carbocycles. The standard InChI is InChI=1S/C17H12Cl2F3N3O4.C6H3Cl2F2NO.C5H3Cl2NO/c1-24(8-2-3-11(20)10(18)4-8)15(26)12-7-28-17(27)25(12)14-6-9(29-16(21)22)5-13(19)23-14;7-4-1-3(12-6(9)10)2-5(8)11-4;6-4-1-3(9)2-5(7)8-4/h2-6,12,16H,7H2,1H3;1-2,6H;1-2H,(H,8,9)/t12-;;/m0../s1. The molecule has 50 heavy (non-hydrogen) atoms. The van der Waals surface area contributed by atoms with Crippen LogP contribution in [0.2, 0.25) is 30.8 Å². The highest BCUT2D eigenvalue weighted by molar-refractivity contribution is 6.33. The summed E-state index contributed by atoms with van der Waals surface area (Å²) in [7, 11) is 1.39. The molecule has 268 valence electrons. The number of amides is 2. The number of hydrogen-bond donors (Lipinski definition) is 1. The summed E-state index contributed by atoms with van der Waals surface area (Å²) < 4.78 is 74.9. The van der Waals surface area contributed by atoms with E-state index in [1.54, 1.807) is 0 Å². The minimum atomic E-state index is -3.13. The van der Waals surface area contributed by atoms with Crippen LogP contribution in [-0.4, -0.2) is 59.9 Å². The fraction of sp³-hybridized carbons (Fsp3) is 0.179. The van der Waals surface area contributed by atoms with Crippen LogP contribution in [0.25, 0.3) is 0 Å². The average molecular weight is 828 g/mol. The van der Waals surface area contributed by atoms with Gasteiger partial charge in [-0.1, -0.05) is 69.6 Å². The number of pyridine rings is 3. The second kappa shape index (κ2) is 18.4. The van der Waals surface area contributed by atoms with Crippen LogP contribution in [0.4, 0.5) is 38.3 Å². The third-order valence-electron chi connectivity index (χ3n) is 5.74. The van der Waals surface area contributed by atoms with Gasteiger partial charge in [-0.05, 0) is 18.2 Å². The highest BCUT2D eigenvalue weighted by Crippen LogP contribution is 2.30. The molecule has 4 aromatic rings. The Kier molecular flexibility index (Phi) is 15.0. The van der Waals surface area contributed by atoms with Crippen LogP contribution in [0.5, 0.6) is 11.5 Å². The van der Waals surface area contributed by atoms with Gasteiger partial charge in [0.15, 0.2) is 11.5 Å². The molecule has 0 aliphatic carbocycles. The summed E-state index contributed by atoms with van der Waals surface area (Å²) in [5.41, 5.74) is 0.0743. The zero-order chi connectivity index (χ0) is 37.3. The molecule has 22 heteroatoms. The summed E-state index contributed by atoms with van der Waals surface area (Å²) in [6.45, 7) is -6.34. The van der Waals surface area contributed by atoms with Gasteiger partial charge in [-0.3, -0.25) is 9.59 Å². The molecular weight excluding hydrogens is 810 g/mol. The van der Waals surface area contributed by atoms with E-state index in [0.29, 0.717) is 0 Å². The number of H-pyrrole nitrogens is 1. The lowest BCUT2D eigenvalue weighted by Gasteiger charge is -2.25. The van der Waals surface area contributed by atoms with Crippen molar-refractivity contribution in [2.24, 2.45) is 0 Å². The molecule has 1 saturated heterocycles. The lowest BCUT2D eigenvalue weighted by molar-refractivity contribution is -0.119. The van der Waals surface area contributed by atoms with Crippen molar-refractivity contribution in [3.8, 4) is 11.5 Å². The topological polar surface area (TPSA) is 127 Å². The van der Waals surface area contributed by atoms with E-state index in [-0.39, 0.29) is 65.8 Å². The van der Waals surface area contributed by atoms with Crippen LogP contribution < -0.4 is 24.7 Å². The molecule has 1 fully saturated rings. The highest BCUT2D eigenvalue weighted by atomic mass is 35.5. The predicted molar refractivity (Wildman–Crippen MR) is 176 cm³/mol. The van der Waals surface area contributed by atoms with Gasteiger partial charge in [0.25, 0.3) is 5.91 Å². The number of nitrogens with one attached hydrogen (secondary N) is 1. The third kappa shape index (κ3) is 12.2. The Morgan fingerprint density at radius 1 is 0.860 bits per heavy atom. The van der Waals surface area contributed by atoms with Crippen molar-refractivity contribution < 1.29 is 45.8 Å². The number of alkyl halides is 4. The van der Waals surface area contributed by atoms with Crippen molar-refractivity contribution >= 4 is 93.1 Å². The molecule has 0 unspecified atom stereocenters. The molecule has 11 nitrogen and oxygen atoms in total. The number of aromatic nitrogens is 3. The molecule has 1 aliphatic rings. The van der Waals surface area contributed by atoms with Gasteiger partial charge >= 0.3 is 19.3 Å². The largest absolute Gasteiger partial charge is 0.446 e. The van der Waals surface area contributed by atoms with Gasteiger partial charge in [0.2, 0.25) is 0 Å². The highest BCUT2D eigenvalue weighted by Gasteiger charge is 2.42. The summed E-state index contributed by atoms with van der Waals surface area (Å²) in [5, 5.41) is 0.113. The second-order valence-electron chi connectivity index (χ2n) is 9.16. The van der Waals surface area contributed by atoms with Crippen molar-refractivity contribution in [1.29, 1.82) is 0 Å². The Bertz CT molecular complexity index is 1850. The lowest BCUT2D eigenvalue weighted by atomic mass is 10.2. The first-order valence-corrected chi connectivity index (χ1v) is 15.3. The minimum absolute atomic E-state index is 0.0122. The summed E-state index contributed by atoms with van der Waals surface area (Å²) in [6.07, 6.45) is -0.924. The third-order valence-corrected chi connectivity index (χ3v) is 7.02. The Hall–Kier alpha value is -3.80. The Morgan fingerprint density at radius 3 is 1.88 bits per heavy atom. The smallest absolute Gasteiger partial charge is 0.416 e. The molecule has 1 aliphatic heterocycles. The Labute approximate surface area is 308 Å². The average Bonchev–Trinajstić information content (AvgIpc) is 3.37. The van der Waals surface area contributed by atoms with E-state index in [1.807, 2.05) is 0 Å². The number of carbonyl (C=O) groups is 2. The van der Waals surface area contributed by atoms with Crippen LogP contribution in [0, 0.1) is 5.82 Å². The number of nitrogens with zero attached hydrogens (tertiary/aromatic N) is 4. The first-order chi connectivity index (χ1) is 23.4. The molecule has 0 spiro atoms. The van der Waals surface area contributed by atoms with Crippen molar-refractivity contribution in [2.75, 3.05) is 23.5 Å². The molecule has 2 amide bonds. The SMILES string of the molecule is CN(C(=O)[C@@H]1COC(=O)N1c1cc(OC(F)F)cc(Cl)n1)c1ccc(F)c(Cl)c1.FC(F)Oc1cc(Cl)nc(Cl)c1.O=c1cc(Cl)[nH]c(Cl)c1. The predicted octanol–water partition coefficient (Wildman–Crippen LogP) is 8.79. The van der Waals surface area contributed by atoms with Crippen molar-refractivity contribution in [2.45, 2.75) is 19.3 Å². The minimum Gasteiger partial charge on any atom is -0.446 e. The van der Waals surface area contributed by atoms with Crippen LogP contribution in [0.1, 0.15) is 0 Å². The number of carbonyl (C=O) groups excluding carboxylic acids is 2. The van der Waals surface area contributed by atoms with Crippen LogP contribution in [0.15, 0.2) is 59.4 Å². The number of anilines is 2. The number of rotatable bonds is 7. The lowest BCUT2D eigenvalue weighted by Crippen LogP contribution is -2.47. The maximum absolute atomic E-state index is 13.4. The Balaban J connectivity index is 0.000000261. The zero-order valence-electron chi connectivity index (χ0n) is 24.5. The normalized spacial score (nSPS) is 13.6. The first kappa shape index (κ1) is 40.6. The zero-order valence-corrected chi connectivity index (χ0v) is 29.1. The van der Waals surface area contributed by atoms with E-state index in [0.717, 1.165) is 40.1 Å². The van der Waals surface area contributed by atoms with Gasteiger partial charge in [-0.2, -0.15) is 17.6 Å². The molecule has 0 bridgehead atoms. The number of benzene rings is 1. The van der Waals surface area contributed by atoms with Crippen molar-refractivity contribution in [3.05, 3.63) is 101 Å². The first-order valence-electron chi connectivity index (χ1n) is 13.1.